The molecule has 0 bridgehead atoms. The highest BCUT2D eigenvalue weighted by Gasteiger charge is 2.14. The van der Waals surface area contributed by atoms with Crippen LogP contribution in [0.4, 0.5) is 11.6 Å². The quantitative estimate of drug-likeness (QED) is 0.807. The lowest BCUT2D eigenvalue weighted by molar-refractivity contribution is 0.585. The zero-order chi connectivity index (χ0) is 13.5. The molecule has 4 nitrogen and oxygen atoms in total. The van der Waals surface area contributed by atoms with E-state index in [1.807, 2.05) is 6.07 Å². The van der Waals surface area contributed by atoms with E-state index >= 15 is 0 Å². The SMILES string of the molecule is CCNc1cc(N(C)C(CC)CC)nc(CC)n1. The maximum absolute atomic E-state index is 4.63. The fourth-order valence-electron chi connectivity index (χ4n) is 2.12. The monoisotopic (exact) mass is 250 g/mol. The summed E-state index contributed by atoms with van der Waals surface area (Å²) in [7, 11) is 2.12. The van der Waals surface area contributed by atoms with E-state index in [0.29, 0.717) is 6.04 Å². The number of aryl methyl sites for hydroxylation is 1. The van der Waals surface area contributed by atoms with Gasteiger partial charge < -0.3 is 10.2 Å². The Bertz CT molecular complexity index is 361. The molecular formula is C14H26N4. The molecule has 0 atom stereocenters. The topological polar surface area (TPSA) is 41.0 Å². The third-order valence-corrected chi connectivity index (χ3v) is 3.28. The molecule has 102 valence electrons. The van der Waals surface area contributed by atoms with Crippen molar-refractivity contribution in [2.75, 3.05) is 23.8 Å². The van der Waals surface area contributed by atoms with Gasteiger partial charge in [0.2, 0.25) is 0 Å². The highest BCUT2D eigenvalue weighted by molar-refractivity contribution is 5.49. The molecule has 1 aromatic rings. The van der Waals surface area contributed by atoms with Crippen LogP contribution < -0.4 is 10.2 Å². The molecule has 0 aliphatic heterocycles. The molecule has 1 heterocycles. The van der Waals surface area contributed by atoms with Crippen LogP contribution in [-0.4, -0.2) is 29.6 Å². The number of rotatable bonds is 7. The van der Waals surface area contributed by atoms with Crippen LogP contribution in [0.2, 0.25) is 0 Å². The van der Waals surface area contributed by atoms with Gasteiger partial charge in [-0.05, 0) is 19.8 Å². The summed E-state index contributed by atoms with van der Waals surface area (Å²) in [6.45, 7) is 9.49. The minimum atomic E-state index is 0.541. The summed E-state index contributed by atoms with van der Waals surface area (Å²) in [5.74, 6) is 2.85. The van der Waals surface area contributed by atoms with Gasteiger partial charge in [0.05, 0.1) is 0 Å². The molecule has 0 fully saturated rings. The van der Waals surface area contributed by atoms with Crippen LogP contribution in [0.3, 0.4) is 0 Å². The summed E-state index contributed by atoms with van der Waals surface area (Å²) in [5.41, 5.74) is 0. The highest BCUT2D eigenvalue weighted by atomic mass is 15.2. The molecule has 0 aromatic carbocycles. The molecule has 0 saturated carbocycles. The van der Waals surface area contributed by atoms with Gasteiger partial charge in [-0.3, -0.25) is 0 Å². The van der Waals surface area contributed by atoms with Gasteiger partial charge in [-0.2, -0.15) is 0 Å². The van der Waals surface area contributed by atoms with Crippen LogP contribution in [0.5, 0.6) is 0 Å². The Balaban J connectivity index is 3.02. The summed E-state index contributed by atoms with van der Waals surface area (Å²) in [4.78, 5) is 11.4. The predicted molar refractivity (Wildman–Crippen MR) is 78.3 cm³/mol. The lowest BCUT2D eigenvalue weighted by Crippen LogP contribution is -2.31. The van der Waals surface area contributed by atoms with E-state index < -0.39 is 0 Å². The second-order valence-corrected chi connectivity index (χ2v) is 4.49. The van der Waals surface area contributed by atoms with Gasteiger partial charge in [-0.1, -0.05) is 20.8 Å². The Labute approximate surface area is 111 Å². The molecule has 1 rings (SSSR count). The molecular weight excluding hydrogens is 224 g/mol. The summed E-state index contributed by atoms with van der Waals surface area (Å²) in [5, 5.41) is 3.27. The van der Waals surface area contributed by atoms with Gasteiger partial charge in [0.1, 0.15) is 17.5 Å². The first kappa shape index (κ1) is 14.7. The van der Waals surface area contributed by atoms with E-state index in [1.54, 1.807) is 0 Å². The molecule has 4 heteroatoms. The summed E-state index contributed by atoms with van der Waals surface area (Å²) in [6.07, 6.45) is 3.13. The molecule has 0 saturated heterocycles. The lowest BCUT2D eigenvalue weighted by atomic mass is 10.1. The molecule has 1 aromatic heterocycles. The van der Waals surface area contributed by atoms with Crippen molar-refractivity contribution < 1.29 is 0 Å². The van der Waals surface area contributed by atoms with Crippen molar-refractivity contribution in [2.45, 2.75) is 53.0 Å². The molecule has 0 amide bonds. The molecule has 18 heavy (non-hydrogen) atoms. The van der Waals surface area contributed by atoms with Crippen LogP contribution in [0.25, 0.3) is 0 Å². The first-order valence-corrected chi connectivity index (χ1v) is 7.00. The summed E-state index contributed by atoms with van der Waals surface area (Å²) >= 11 is 0. The minimum Gasteiger partial charge on any atom is -0.370 e. The third kappa shape index (κ3) is 3.59. The Morgan fingerprint density at radius 2 is 1.83 bits per heavy atom. The number of hydrogen-bond donors (Lipinski definition) is 1. The molecule has 1 N–H and O–H groups in total. The normalized spacial score (nSPS) is 10.8. The van der Waals surface area contributed by atoms with Gasteiger partial charge >= 0.3 is 0 Å². The maximum Gasteiger partial charge on any atom is 0.134 e. The van der Waals surface area contributed by atoms with Crippen molar-refractivity contribution in [3.05, 3.63) is 11.9 Å². The van der Waals surface area contributed by atoms with Crippen LogP contribution in [-0.2, 0) is 6.42 Å². The van der Waals surface area contributed by atoms with Gasteiger partial charge in [0.25, 0.3) is 0 Å². The van der Waals surface area contributed by atoms with E-state index in [-0.39, 0.29) is 0 Å². The van der Waals surface area contributed by atoms with Crippen molar-refractivity contribution >= 4 is 11.6 Å². The molecule has 0 radical (unpaired) electrons. The van der Waals surface area contributed by atoms with Crippen molar-refractivity contribution in [3.8, 4) is 0 Å². The fourth-order valence-corrected chi connectivity index (χ4v) is 2.12. The minimum absolute atomic E-state index is 0.541. The van der Waals surface area contributed by atoms with Crippen molar-refractivity contribution in [3.63, 3.8) is 0 Å². The van der Waals surface area contributed by atoms with Gasteiger partial charge in [0.15, 0.2) is 0 Å². The molecule has 0 spiro atoms. The zero-order valence-corrected chi connectivity index (χ0v) is 12.3. The fraction of sp³-hybridized carbons (Fsp3) is 0.714. The molecule has 0 aliphatic rings. The largest absolute Gasteiger partial charge is 0.370 e. The average molecular weight is 250 g/mol. The van der Waals surface area contributed by atoms with E-state index in [4.69, 9.17) is 0 Å². The number of aromatic nitrogens is 2. The average Bonchev–Trinajstić information content (AvgIpc) is 2.40. The Kier molecular flexibility index (Phi) is 5.89. The van der Waals surface area contributed by atoms with Crippen LogP contribution >= 0.6 is 0 Å². The van der Waals surface area contributed by atoms with Gasteiger partial charge in [0, 0.05) is 32.1 Å². The standard InChI is InChI=1S/C14H26N4/c1-6-11(7-2)18(5)14-10-13(15-9-4)16-12(8-3)17-14/h10-11H,6-9H2,1-5H3,(H,15,16,17). The Morgan fingerprint density at radius 3 is 2.33 bits per heavy atom. The zero-order valence-electron chi connectivity index (χ0n) is 12.3. The van der Waals surface area contributed by atoms with Crippen molar-refractivity contribution in [1.82, 2.24) is 9.97 Å². The molecule has 0 unspecified atom stereocenters. The van der Waals surface area contributed by atoms with Crippen molar-refractivity contribution in [1.29, 1.82) is 0 Å². The first-order chi connectivity index (χ1) is 8.65. The predicted octanol–water partition coefficient (Wildman–Crippen LogP) is 3.10. The van der Waals surface area contributed by atoms with Crippen LogP contribution in [0.15, 0.2) is 6.07 Å². The lowest BCUT2D eigenvalue weighted by Gasteiger charge is -2.27. The van der Waals surface area contributed by atoms with Crippen LogP contribution in [0, 0.1) is 0 Å². The van der Waals surface area contributed by atoms with Gasteiger partial charge in [-0.25, -0.2) is 9.97 Å². The number of nitrogens with one attached hydrogen (secondary N) is 1. The summed E-state index contributed by atoms with van der Waals surface area (Å²) < 4.78 is 0. The molecule has 0 aliphatic carbocycles. The second-order valence-electron chi connectivity index (χ2n) is 4.49. The van der Waals surface area contributed by atoms with E-state index in [9.17, 15) is 0 Å². The third-order valence-electron chi connectivity index (χ3n) is 3.28. The number of hydrogen-bond acceptors (Lipinski definition) is 4. The van der Waals surface area contributed by atoms with E-state index in [2.05, 4.69) is 54.9 Å². The highest BCUT2D eigenvalue weighted by Crippen LogP contribution is 2.19. The smallest absolute Gasteiger partial charge is 0.134 e. The second kappa shape index (κ2) is 7.19. The first-order valence-electron chi connectivity index (χ1n) is 7.00. The Hall–Kier alpha value is -1.32. The number of nitrogens with zero attached hydrogens (tertiary/aromatic N) is 3. The van der Waals surface area contributed by atoms with Crippen LogP contribution in [0.1, 0.15) is 46.4 Å². The van der Waals surface area contributed by atoms with E-state index in [0.717, 1.165) is 43.3 Å². The maximum atomic E-state index is 4.63. The van der Waals surface area contributed by atoms with Gasteiger partial charge in [-0.15, -0.1) is 0 Å². The van der Waals surface area contributed by atoms with Crippen molar-refractivity contribution in [2.24, 2.45) is 0 Å². The summed E-state index contributed by atoms with van der Waals surface area (Å²) in [6, 6.07) is 2.58. The Morgan fingerprint density at radius 1 is 1.17 bits per heavy atom. The number of anilines is 2. The van der Waals surface area contributed by atoms with E-state index in [1.165, 1.54) is 0 Å².